The van der Waals surface area contributed by atoms with Crippen molar-refractivity contribution in [2.24, 2.45) is 5.41 Å². The summed E-state index contributed by atoms with van der Waals surface area (Å²) in [5.41, 5.74) is 1.23. The van der Waals surface area contributed by atoms with Gasteiger partial charge in [0.1, 0.15) is 0 Å². The molecule has 4 heteroatoms. The van der Waals surface area contributed by atoms with Crippen LogP contribution in [-0.4, -0.2) is 45.5 Å². The van der Waals surface area contributed by atoms with Gasteiger partial charge in [-0.2, -0.15) is 0 Å². The molecule has 1 unspecified atom stereocenters. The number of likely N-dealkylation sites (tertiary alicyclic amines) is 1. The van der Waals surface area contributed by atoms with Crippen molar-refractivity contribution in [3.63, 3.8) is 0 Å². The Morgan fingerprint density at radius 3 is 2.41 bits per heavy atom. The van der Waals surface area contributed by atoms with Gasteiger partial charge in [-0.3, -0.25) is 0 Å². The summed E-state index contributed by atoms with van der Waals surface area (Å²) in [5, 5.41) is 1.12. The second-order valence-corrected chi connectivity index (χ2v) is 10.3. The molecule has 3 rings (SSSR count). The van der Waals surface area contributed by atoms with Crippen molar-refractivity contribution in [1.29, 1.82) is 0 Å². The van der Waals surface area contributed by atoms with E-state index in [0.717, 1.165) is 23.8 Å². The first-order chi connectivity index (χ1) is 13.0. The zero-order chi connectivity index (χ0) is 19.3. The van der Waals surface area contributed by atoms with Gasteiger partial charge in [0, 0.05) is 0 Å². The quantitative estimate of drug-likeness (QED) is 0.515. The van der Waals surface area contributed by atoms with Crippen LogP contribution in [0.4, 0.5) is 0 Å². The van der Waals surface area contributed by atoms with Crippen molar-refractivity contribution in [2.75, 3.05) is 13.7 Å². The summed E-state index contributed by atoms with van der Waals surface area (Å²) in [6, 6.07) is 20.9. The molecule has 2 atom stereocenters. The standard InChI is InChI=1S/C23H29NO2Se/c1-23(2)15-14-19(16-27-20-12-8-5-9-13-20)24(17-23)21(22(25)26-3)18-10-6-4-7-11-18/h4-13,19,21H,14-17H2,1-3H3/t19?,21-/m1/s1. The number of piperidine rings is 1. The van der Waals surface area contributed by atoms with Crippen LogP contribution in [0.15, 0.2) is 60.7 Å². The first-order valence-electron chi connectivity index (χ1n) is 9.56. The molecule has 0 radical (unpaired) electrons. The third-order valence-electron chi connectivity index (χ3n) is 5.29. The van der Waals surface area contributed by atoms with Gasteiger partial charge in [0.25, 0.3) is 0 Å². The second-order valence-electron chi connectivity index (χ2n) is 7.99. The van der Waals surface area contributed by atoms with Gasteiger partial charge in [-0.05, 0) is 0 Å². The number of carbonyl (C=O) groups is 1. The van der Waals surface area contributed by atoms with E-state index < -0.39 is 0 Å². The number of hydrogen-bond acceptors (Lipinski definition) is 3. The van der Waals surface area contributed by atoms with E-state index in [9.17, 15) is 4.79 Å². The Hall–Kier alpha value is -1.61. The van der Waals surface area contributed by atoms with Gasteiger partial charge in [-0.25, -0.2) is 0 Å². The van der Waals surface area contributed by atoms with Gasteiger partial charge in [0.05, 0.1) is 0 Å². The van der Waals surface area contributed by atoms with Crippen LogP contribution < -0.4 is 4.46 Å². The first-order valence-corrected chi connectivity index (χ1v) is 11.6. The molecular weight excluding hydrogens is 401 g/mol. The Balaban J connectivity index is 1.86. The molecule has 1 aliphatic rings. The zero-order valence-corrected chi connectivity index (χ0v) is 18.1. The average Bonchev–Trinajstić information content (AvgIpc) is 2.68. The number of esters is 1. The van der Waals surface area contributed by atoms with Crippen molar-refractivity contribution in [2.45, 2.75) is 44.1 Å². The number of carbonyl (C=O) groups excluding carboxylic acids is 1. The van der Waals surface area contributed by atoms with Gasteiger partial charge in [0.15, 0.2) is 0 Å². The molecule has 1 aliphatic heterocycles. The van der Waals surface area contributed by atoms with Crippen LogP contribution >= 0.6 is 0 Å². The van der Waals surface area contributed by atoms with Crippen LogP contribution in [0.25, 0.3) is 0 Å². The predicted molar refractivity (Wildman–Crippen MR) is 111 cm³/mol. The van der Waals surface area contributed by atoms with E-state index in [1.54, 1.807) is 0 Å². The topological polar surface area (TPSA) is 29.5 Å². The number of benzene rings is 2. The fourth-order valence-electron chi connectivity index (χ4n) is 3.83. The number of hydrogen-bond donors (Lipinski definition) is 0. The normalized spacial score (nSPS) is 20.8. The molecule has 0 N–H and O–H groups in total. The van der Waals surface area contributed by atoms with Gasteiger partial charge in [0.2, 0.25) is 0 Å². The molecular formula is C23H29NO2Se. The summed E-state index contributed by atoms with van der Waals surface area (Å²) in [5.74, 6) is -0.156. The van der Waals surface area contributed by atoms with Crippen molar-refractivity contribution in [1.82, 2.24) is 4.90 Å². The van der Waals surface area contributed by atoms with E-state index >= 15 is 0 Å². The summed E-state index contributed by atoms with van der Waals surface area (Å²) in [4.78, 5) is 15.2. The average molecular weight is 430 g/mol. The van der Waals surface area contributed by atoms with E-state index in [-0.39, 0.29) is 17.4 Å². The van der Waals surface area contributed by atoms with Crippen LogP contribution in [0.1, 0.15) is 38.3 Å². The molecule has 0 spiro atoms. The van der Waals surface area contributed by atoms with E-state index in [1.165, 1.54) is 18.0 Å². The van der Waals surface area contributed by atoms with Crippen molar-refractivity contribution < 1.29 is 9.53 Å². The number of nitrogens with zero attached hydrogens (tertiary/aromatic N) is 1. The summed E-state index contributed by atoms with van der Waals surface area (Å²) in [6.45, 7) is 5.52. The summed E-state index contributed by atoms with van der Waals surface area (Å²) >= 11 is 0.406. The fourth-order valence-corrected chi connectivity index (χ4v) is 6.12. The van der Waals surface area contributed by atoms with E-state index in [2.05, 4.69) is 49.1 Å². The van der Waals surface area contributed by atoms with Crippen LogP contribution in [0, 0.1) is 5.41 Å². The van der Waals surface area contributed by atoms with Gasteiger partial charge in [-0.1, -0.05) is 0 Å². The molecule has 1 heterocycles. The fraction of sp³-hybridized carbons (Fsp3) is 0.435. The molecule has 2 aromatic carbocycles. The summed E-state index contributed by atoms with van der Waals surface area (Å²) in [6.07, 6.45) is 2.32. The summed E-state index contributed by atoms with van der Waals surface area (Å²) < 4.78 is 6.64. The molecule has 2 aromatic rings. The molecule has 1 fully saturated rings. The molecule has 0 amide bonds. The van der Waals surface area contributed by atoms with Crippen molar-refractivity contribution in [3.8, 4) is 0 Å². The Labute approximate surface area is 169 Å². The molecule has 1 saturated heterocycles. The molecule has 0 aromatic heterocycles. The Kier molecular flexibility index (Phi) is 6.75. The number of rotatable bonds is 6. The Morgan fingerprint density at radius 1 is 1.15 bits per heavy atom. The monoisotopic (exact) mass is 431 g/mol. The molecule has 3 nitrogen and oxygen atoms in total. The predicted octanol–water partition coefficient (Wildman–Crippen LogP) is 3.84. The number of methoxy groups -OCH3 is 1. The van der Waals surface area contributed by atoms with Crippen molar-refractivity contribution >= 4 is 25.4 Å². The van der Waals surface area contributed by atoms with E-state index in [4.69, 9.17) is 4.74 Å². The first kappa shape index (κ1) is 20.1. The van der Waals surface area contributed by atoms with Gasteiger partial charge in [-0.15, -0.1) is 0 Å². The zero-order valence-electron chi connectivity index (χ0n) is 16.4. The Morgan fingerprint density at radius 2 is 1.78 bits per heavy atom. The molecule has 0 aliphatic carbocycles. The molecule has 0 bridgehead atoms. The Bertz CT molecular complexity index is 733. The maximum absolute atomic E-state index is 12.8. The van der Waals surface area contributed by atoms with Gasteiger partial charge < -0.3 is 0 Å². The van der Waals surface area contributed by atoms with Gasteiger partial charge >= 0.3 is 169 Å². The molecule has 0 saturated carbocycles. The minimum absolute atomic E-state index is 0.156. The minimum atomic E-state index is -0.327. The van der Waals surface area contributed by atoms with Crippen LogP contribution in [0.3, 0.4) is 0 Å². The van der Waals surface area contributed by atoms with Crippen LogP contribution in [0.2, 0.25) is 5.32 Å². The third-order valence-corrected chi connectivity index (χ3v) is 7.72. The number of ether oxygens (including phenoxy) is 1. The van der Waals surface area contributed by atoms with Crippen molar-refractivity contribution in [3.05, 3.63) is 66.2 Å². The molecule has 27 heavy (non-hydrogen) atoms. The van der Waals surface area contributed by atoms with Crippen LogP contribution in [0.5, 0.6) is 0 Å². The van der Waals surface area contributed by atoms with Crippen LogP contribution in [-0.2, 0) is 9.53 Å². The maximum atomic E-state index is 12.8. The van der Waals surface area contributed by atoms with E-state index in [1.807, 2.05) is 30.3 Å². The third kappa shape index (κ3) is 5.22. The second kappa shape index (κ2) is 9.05. The van der Waals surface area contributed by atoms with E-state index in [0.29, 0.717) is 21.0 Å². The SMILES string of the molecule is COC(=O)[C@@H](c1ccccc1)N1CC(C)(C)CCC1C[Se]c1ccccc1. The summed E-state index contributed by atoms with van der Waals surface area (Å²) in [7, 11) is 1.50. The molecule has 144 valence electrons.